The highest BCUT2D eigenvalue weighted by Crippen LogP contribution is 2.30. The third kappa shape index (κ3) is 5.62. The molecule has 1 aliphatic rings. The van der Waals surface area contributed by atoms with Crippen LogP contribution >= 0.6 is 15.9 Å². The van der Waals surface area contributed by atoms with E-state index in [1.54, 1.807) is 36.7 Å². The van der Waals surface area contributed by atoms with E-state index in [1.807, 2.05) is 0 Å². The third-order valence-corrected chi connectivity index (χ3v) is 5.56. The molecule has 7 heteroatoms. The summed E-state index contributed by atoms with van der Waals surface area (Å²) in [6.45, 7) is 3.68. The quantitative estimate of drug-likeness (QED) is 0.574. The number of hydrogen-bond acceptors (Lipinski definition) is 4. The summed E-state index contributed by atoms with van der Waals surface area (Å²) in [5, 5.41) is 9.34. The van der Waals surface area contributed by atoms with Gasteiger partial charge >= 0.3 is 0 Å². The Morgan fingerprint density at radius 3 is 2.76 bits per heavy atom. The van der Waals surface area contributed by atoms with E-state index in [9.17, 15) is 19.1 Å². The maximum absolute atomic E-state index is 14.4. The van der Waals surface area contributed by atoms with Crippen molar-refractivity contribution in [2.45, 2.75) is 45.8 Å². The second-order valence-corrected chi connectivity index (χ2v) is 8.66. The summed E-state index contributed by atoms with van der Waals surface area (Å²) < 4.78 is 21.9. The van der Waals surface area contributed by atoms with Crippen LogP contribution in [0.1, 0.15) is 46.8 Å². The van der Waals surface area contributed by atoms with Crippen LogP contribution in [0.4, 0.5) is 4.39 Å². The molecule has 0 radical (unpaired) electrons. The lowest BCUT2D eigenvalue weighted by Crippen LogP contribution is -2.28. The van der Waals surface area contributed by atoms with Crippen molar-refractivity contribution < 1.29 is 19.0 Å². The highest BCUT2D eigenvalue weighted by Gasteiger charge is 2.25. The number of aliphatic hydroxyl groups excluding tert-OH is 1. The van der Waals surface area contributed by atoms with E-state index in [-0.39, 0.29) is 31.0 Å². The predicted octanol–water partition coefficient (Wildman–Crippen LogP) is 3.64. The van der Waals surface area contributed by atoms with Gasteiger partial charge in [0.15, 0.2) is 5.78 Å². The first-order valence-corrected chi connectivity index (χ1v) is 10.5. The van der Waals surface area contributed by atoms with E-state index in [0.717, 1.165) is 12.8 Å². The zero-order valence-corrected chi connectivity index (χ0v) is 18.2. The van der Waals surface area contributed by atoms with Crippen molar-refractivity contribution in [2.24, 2.45) is 5.92 Å². The van der Waals surface area contributed by atoms with E-state index in [0.29, 0.717) is 39.2 Å². The summed E-state index contributed by atoms with van der Waals surface area (Å²) in [6.07, 6.45) is 3.22. The average Bonchev–Trinajstić information content (AvgIpc) is 3.46. The first-order valence-electron chi connectivity index (χ1n) is 9.72. The highest BCUT2D eigenvalue weighted by molar-refractivity contribution is 9.10. The zero-order chi connectivity index (χ0) is 21.1. The minimum atomic E-state index is -0.676. The highest BCUT2D eigenvalue weighted by atomic mass is 79.9. The summed E-state index contributed by atoms with van der Waals surface area (Å²) in [5.74, 6) is -0.216. The number of pyridine rings is 1. The topological polar surface area (TPSA) is 68.5 Å². The molecule has 0 spiro atoms. The fraction of sp³-hybridized carbons (Fsp3) is 0.455. The van der Waals surface area contributed by atoms with Crippen molar-refractivity contribution in [1.82, 2.24) is 4.57 Å². The Morgan fingerprint density at radius 2 is 2.14 bits per heavy atom. The van der Waals surface area contributed by atoms with Gasteiger partial charge in [-0.05, 0) is 55.9 Å². The van der Waals surface area contributed by atoms with Gasteiger partial charge in [-0.15, -0.1) is 0 Å². The number of carbonyl (C=O) groups excluding carboxylic acids is 1. The summed E-state index contributed by atoms with van der Waals surface area (Å²) >= 11 is 3.24. The normalized spacial score (nSPS) is 14.8. The Bertz CT molecular complexity index is 966. The maximum Gasteiger partial charge on any atom is 0.253 e. The number of aromatic nitrogens is 1. The third-order valence-electron chi connectivity index (χ3n) is 5.07. The second kappa shape index (κ2) is 9.32. The average molecular weight is 466 g/mol. The Kier molecular flexibility index (Phi) is 7.03. The van der Waals surface area contributed by atoms with Crippen molar-refractivity contribution in [3.05, 3.63) is 67.3 Å². The van der Waals surface area contributed by atoms with Crippen LogP contribution in [0.5, 0.6) is 0 Å². The summed E-state index contributed by atoms with van der Waals surface area (Å²) in [5.41, 5.74) is 1.61. The molecular weight excluding hydrogens is 441 g/mol. The number of ether oxygens (including phenoxy) is 1. The van der Waals surface area contributed by atoms with Gasteiger partial charge in [-0.25, -0.2) is 4.39 Å². The lowest BCUT2D eigenvalue weighted by molar-refractivity contribution is 0.0424. The van der Waals surface area contributed by atoms with Crippen molar-refractivity contribution in [1.29, 1.82) is 0 Å². The number of ketones is 1. The minimum absolute atomic E-state index is 0.0448. The van der Waals surface area contributed by atoms with Crippen LogP contribution in [0, 0.1) is 18.7 Å². The number of rotatable bonds is 9. The number of nitrogens with zero attached hydrogens (tertiary/aromatic N) is 1. The molecular formula is C22H25BrFNO4. The van der Waals surface area contributed by atoms with Crippen molar-refractivity contribution >= 4 is 21.7 Å². The predicted molar refractivity (Wildman–Crippen MR) is 112 cm³/mol. The van der Waals surface area contributed by atoms with Crippen LogP contribution in [0.2, 0.25) is 0 Å². The largest absolute Gasteiger partial charge is 0.391 e. The van der Waals surface area contributed by atoms with Crippen LogP contribution in [-0.2, 0) is 17.7 Å². The van der Waals surface area contributed by atoms with Crippen molar-refractivity contribution in [3.63, 3.8) is 0 Å². The Morgan fingerprint density at radius 1 is 1.41 bits per heavy atom. The summed E-state index contributed by atoms with van der Waals surface area (Å²) in [7, 11) is 0. The molecule has 1 N–H and O–H groups in total. The van der Waals surface area contributed by atoms with Gasteiger partial charge in [0.05, 0.1) is 12.7 Å². The molecule has 0 aliphatic heterocycles. The molecule has 0 amide bonds. The molecule has 1 atom stereocenters. The molecule has 1 aromatic heterocycles. The molecule has 1 aliphatic carbocycles. The van der Waals surface area contributed by atoms with E-state index in [4.69, 9.17) is 4.74 Å². The molecule has 2 aromatic rings. The van der Waals surface area contributed by atoms with Gasteiger partial charge in [-0.2, -0.15) is 0 Å². The Labute approximate surface area is 177 Å². The lowest BCUT2D eigenvalue weighted by Gasteiger charge is -2.16. The van der Waals surface area contributed by atoms with Gasteiger partial charge in [0.25, 0.3) is 5.56 Å². The van der Waals surface area contributed by atoms with Crippen molar-refractivity contribution in [3.8, 4) is 0 Å². The first-order chi connectivity index (χ1) is 13.8. The van der Waals surface area contributed by atoms with Gasteiger partial charge in [0.2, 0.25) is 0 Å². The van der Waals surface area contributed by atoms with Gasteiger partial charge in [0, 0.05) is 34.8 Å². The van der Waals surface area contributed by atoms with E-state index < -0.39 is 11.9 Å². The molecule has 3 rings (SSSR count). The number of aliphatic hydroxyl groups is 1. The lowest BCUT2D eigenvalue weighted by atomic mass is 9.95. The fourth-order valence-electron chi connectivity index (χ4n) is 3.28. The zero-order valence-electron chi connectivity index (χ0n) is 16.6. The van der Waals surface area contributed by atoms with Crippen molar-refractivity contribution in [2.75, 3.05) is 13.2 Å². The van der Waals surface area contributed by atoms with Crippen LogP contribution in [0.25, 0.3) is 0 Å². The number of Topliss-reactive ketones (excluding diaryl/α,β-unsaturated/α-hetero) is 1. The van der Waals surface area contributed by atoms with Gasteiger partial charge in [0.1, 0.15) is 12.4 Å². The SMILES string of the molecule is Cc1c(Cc2ccc(Br)cc2F)c(C(=O)COC[C@H](C)O)cn(CC2CC2)c1=O. The fourth-order valence-corrected chi connectivity index (χ4v) is 3.61. The monoisotopic (exact) mass is 465 g/mol. The molecule has 0 bridgehead atoms. The molecule has 29 heavy (non-hydrogen) atoms. The number of hydrogen-bond donors (Lipinski definition) is 1. The van der Waals surface area contributed by atoms with Gasteiger partial charge < -0.3 is 14.4 Å². The Balaban J connectivity index is 1.98. The smallest absolute Gasteiger partial charge is 0.253 e. The second-order valence-electron chi connectivity index (χ2n) is 7.75. The number of benzene rings is 1. The van der Waals surface area contributed by atoms with Crippen LogP contribution in [0.3, 0.4) is 0 Å². The van der Waals surface area contributed by atoms with Gasteiger partial charge in [-0.1, -0.05) is 22.0 Å². The minimum Gasteiger partial charge on any atom is -0.391 e. The number of carbonyl (C=O) groups is 1. The molecule has 1 aromatic carbocycles. The molecule has 156 valence electrons. The van der Waals surface area contributed by atoms with Crippen LogP contribution in [-0.4, -0.2) is 34.8 Å². The van der Waals surface area contributed by atoms with Gasteiger partial charge in [-0.3, -0.25) is 9.59 Å². The standard InChI is InChI=1S/C22H25BrFNO4/c1-13(26)11-29-12-21(27)19-10-25(9-15-3-4-15)22(28)14(2)18(19)7-16-5-6-17(23)8-20(16)24/h5-6,8,10,13,15,26H,3-4,7,9,11-12H2,1-2H3/t13-/m0/s1. The maximum atomic E-state index is 14.4. The molecule has 1 fully saturated rings. The number of halogens is 2. The van der Waals surface area contributed by atoms with Crippen LogP contribution < -0.4 is 5.56 Å². The molecule has 0 unspecified atom stereocenters. The summed E-state index contributed by atoms with van der Waals surface area (Å²) in [4.78, 5) is 25.7. The molecule has 1 saturated carbocycles. The summed E-state index contributed by atoms with van der Waals surface area (Å²) in [6, 6.07) is 4.74. The molecule has 5 nitrogen and oxygen atoms in total. The van der Waals surface area contributed by atoms with E-state index in [1.165, 1.54) is 6.07 Å². The molecule has 1 heterocycles. The van der Waals surface area contributed by atoms with E-state index in [2.05, 4.69) is 15.9 Å². The first kappa shape index (κ1) is 21.9. The molecule has 0 saturated heterocycles. The Hall–Kier alpha value is -1.83. The van der Waals surface area contributed by atoms with E-state index >= 15 is 0 Å². The van der Waals surface area contributed by atoms with Crippen LogP contribution in [0.15, 0.2) is 33.7 Å².